The minimum Gasteiger partial charge on any atom is 0 e. The van der Waals surface area contributed by atoms with E-state index in [-0.39, 0.29) is 20.1 Å². The van der Waals surface area contributed by atoms with Gasteiger partial charge in [0, 0.05) is 30.5 Å². The summed E-state index contributed by atoms with van der Waals surface area (Å²) in [6, 6.07) is 53.2. The van der Waals surface area contributed by atoms with Crippen molar-refractivity contribution in [1.29, 1.82) is 0 Å². The smallest absolute Gasteiger partial charge is 0 e. The topological polar surface area (TPSA) is 30.7 Å². The first-order valence-electron chi connectivity index (χ1n) is 22.0. The molecule has 3 nitrogen and oxygen atoms in total. The molecule has 7 aromatic carbocycles. The maximum Gasteiger partial charge on any atom is 0 e. The van der Waals surface area contributed by atoms with E-state index in [4.69, 9.17) is 9.10 Å². The number of para-hydroxylation sites is 3. The molecule has 0 N–H and O–H groups in total. The van der Waals surface area contributed by atoms with Crippen LogP contribution in [0.2, 0.25) is 17.3 Å². The van der Waals surface area contributed by atoms with E-state index >= 15 is 0 Å². The molecule has 0 bridgehead atoms. The molecule has 10 rings (SSSR count). The number of aryl methyl sites for hydroxylation is 1. The Labute approximate surface area is 378 Å². The van der Waals surface area contributed by atoms with Crippen molar-refractivity contribution in [2.45, 2.75) is 63.7 Å². The molecule has 0 saturated carbocycles. The van der Waals surface area contributed by atoms with Crippen LogP contribution in [0.1, 0.15) is 60.3 Å². The van der Waals surface area contributed by atoms with Gasteiger partial charge in [-0.05, 0) is 72.8 Å². The van der Waals surface area contributed by atoms with Crippen LogP contribution < -0.4 is 4.40 Å². The third-order valence-electron chi connectivity index (χ3n) is 11.4. The second-order valence-corrected chi connectivity index (χ2v) is 28.8. The summed E-state index contributed by atoms with van der Waals surface area (Å²) in [6.45, 7) is 7.07. The molecule has 0 spiro atoms. The van der Waals surface area contributed by atoms with Gasteiger partial charge in [0.05, 0.1) is 16.9 Å². The van der Waals surface area contributed by atoms with E-state index in [9.17, 15) is 0 Å². The monoisotopic (exact) mass is 1040 g/mol. The number of benzene rings is 7. The Morgan fingerprint density at radius 3 is 2.15 bits per heavy atom. The van der Waals surface area contributed by atoms with Gasteiger partial charge in [-0.2, -0.15) is 11.3 Å². The van der Waals surface area contributed by atoms with Crippen LogP contribution in [0.3, 0.4) is 0 Å². The van der Waals surface area contributed by atoms with Crippen LogP contribution in [-0.4, -0.2) is 27.8 Å². The summed E-state index contributed by atoms with van der Waals surface area (Å²) in [5, 5.41) is 7.76. The Hall–Kier alpha value is -4.91. The number of aromatic nitrogens is 3. The number of fused-ring (bicyclic) bond motifs is 8. The standard InChI is InChI=1S/C39H31N2S.C15H18GeN.Ir/c1-23(2)26-13-9-14-27(24(3)4)37(26)41-34-18-8-7-17-33(34)40-39(41)32-16-10-15-31-36-30-20-19-25-11-5-6-12-28(25)29(30)21-22-35(36)42-38(31)32;1-12-5-7-13(8-6-12)15-10-9-14(11-17-15)16(2,3)4;/h5-15,17-24H,1-4H3;5-7,9-11H,1-4H3;/q2*-1;/i;1D3;. The molecular weight excluding hydrogens is 988 g/mol. The molecule has 0 aliphatic rings. The van der Waals surface area contributed by atoms with Crippen LogP contribution in [0.25, 0.3) is 81.1 Å². The molecule has 6 heteroatoms. The van der Waals surface area contributed by atoms with Crippen molar-refractivity contribution < 1.29 is 24.2 Å². The molecule has 0 aliphatic carbocycles. The number of pyridine rings is 1. The third kappa shape index (κ3) is 7.67. The summed E-state index contributed by atoms with van der Waals surface area (Å²) in [6.07, 6.45) is 1.95. The number of hydrogen-bond donors (Lipinski definition) is 0. The Bertz CT molecular complexity index is 3190. The molecule has 0 unspecified atom stereocenters. The van der Waals surface area contributed by atoms with E-state index in [1.165, 1.54) is 69.0 Å². The van der Waals surface area contributed by atoms with Gasteiger partial charge >= 0.3 is 110 Å². The van der Waals surface area contributed by atoms with E-state index in [1.807, 2.05) is 23.6 Å². The first-order valence-corrected chi connectivity index (χ1v) is 28.6. The number of imidazole rings is 1. The maximum atomic E-state index is 7.35. The SMILES string of the molecule is CC(C)c1cccc(C(C)C)c1-n1c(-c2[c-]ccc3c2sc2ccc4c5ccccc5ccc4c23)nc2ccccc21.[2H]C([2H])([2H])c1c[c-]c(-c2cc[c]([Ge]([CH3])([CH3])[CH3])cn2)cc1.[Ir]. The summed E-state index contributed by atoms with van der Waals surface area (Å²) >= 11 is 0.0227. The summed E-state index contributed by atoms with van der Waals surface area (Å²) in [4.78, 5) is 9.80. The van der Waals surface area contributed by atoms with Gasteiger partial charge in [-0.1, -0.05) is 111 Å². The van der Waals surface area contributed by atoms with Crippen LogP contribution >= 0.6 is 11.3 Å². The average Bonchev–Trinajstić information content (AvgIpc) is 3.85. The predicted octanol–water partition coefficient (Wildman–Crippen LogP) is 14.8. The fourth-order valence-electron chi connectivity index (χ4n) is 8.27. The molecule has 60 heavy (non-hydrogen) atoms. The van der Waals surface area contributed by atoms with Crippen molar-refractivity contribution in [3.05, 3.63) is 168 Å². The van der Waals surface area contributed by atoms with Gasteiger partial charge < -0.3 is 4.57 Å². The van der Waals surface area contributed by atoms with Gasteiger partial charge in [0.25, 0.3) is 0 Å². The third-order valence-corrected chi connectivity index (χ3v) is 16.8. The van der Waals surface area contributed by atoms with Gasteiger partial charge in [-0.15, -0.1) is 18.2 Å². The van der Waals surface area contributed by atoms with Crippen molar-refractivity contribution in [2.75, 3.05) is 0 Å². The Kier molecular flexibility index (Phi) is 10.7. The summed E-state index contributed by atoms with van der Waals surface area (Å²) in [5.74, 6) is 8.68. The quantitative estimate of drug-likeness (QED) is 0.0944. The van der Waals surface area contributed by atoms with Gasteiger partial charge in [0.1, 0.15) is 0 Å². The van der Waals surface area contributed by atoms with Crippen molar-refractivity contribution in [3.8, 4) is 28.3 Å². The van der Waals surface area contributed by atoms with E-state index in [2.05, 4.69) is 176 Å². The van der Waals surface area contributed by atoms with Gasteiger partial charge in [-0.3, -0.25) is 4.98 Å². The number of hydrogen-bond acceptors (Lipinski definition) is 3. The molecule has 301 valence electrons. The maximum absolute atomic E-state index is 7.35. The van der Waals surface area contributed by atoms with Crippen LogP contribution in [0.5, 0.6) is 0 Å². The summed E-state index contributed by atoms with van der Waals surface area (Å²) in [5.41, 5.74) is 9.10. The Morgan fingerprint density at radius 2 is 1.45 bits per heavy atom. The molecule has 0 fully saturated rings. The van der Waals surface area contributed by atoms with Crippen molar-refractivity contribution >= 4 is 81.7 Å². The minimum absolute atomic E-state index is 0. The Balaban J connectivity index is 0.000000219. The van der Waals surface area contributed by atoms with Crippen molar-refractivity contribution in [2.24, 2.45) is 0 Å². The Morgan fingerprint density at radius 1 is 0.700 bits per heavy atom. The normalized spacial score (nSPS) is 12.8. The average molecular weight is 1040 g/mol. The van der Waals surface area contributed by atoms with E-state index in [1.54, 1.807) is 12.1 Å². The molecule has 0 saturated heterocycles. The van der Waals surface area contributed by atoms with E-state index in [0.29, 0.717) is 17.4 Å². The molecular formula is C54H49GeIrN3S-2. The zero-order chi connectivity index (χ0) is 43.5. The molecule has 3 aromatic heterocycles. The number of thiophene rings is 1. The number of rotatable bonds is 6. The van der Waals surface area contributed by atoms with Gasteiger partial charge in [0.15, 0.2) is 0 Å². The second kappa shape index (κ2) is 16.9. The van der Waals surface area contributed by atoms with Crippen LogP contribution in [0, 0.1) is 19.0 Å². The van der Waals surface area contributed by atoms with Crippen LogP contribution in [0.15, 0.2) is 140 Å². The first kappa shape index (κ1) is 38.0. The molecule has 3 heterocycles. The zero-order valence-electron chi connectivity index (χ0n) is 38.0. The summed E-state index contributed by atoms with van der Waals surface area (Å²) in [7, 11) is 0. The van der Waals surface area contributed by atoms with E-state index in [0.717, 1.165) is 33.7 Å². The fourth-order valence-corrected chi connectivity index (χ4v) is 11.6. The molecule has 0 aliphatic heterocycles. The van der Waals surface area contributed by atoms with Crippen molar-refractivity contribution in [3.63, 3.8) is 0 Å². The molecule has 0 amide bonds. The zero-order valence-corrected chi connectivity index (χ0v) is 40.3. The molecule has 10 aromatic rings. The second-order valence-electron chi connectivity index (χ2n) is 17.0. The van der Waals surface area contributed by atoms with Crippen LogP contribution in [0.4, 0.5) is 0 Å². The summed E-state index contributed by atoms with van der Waals surface area (Å²) < 4.78 is 28.3. The van der Waals surface area contributed by atoms with Crippen molar-refractivity contribution in [1.82, 2.24) is 14.5 Å². The predicted molar refractivity (Wildman–Crippen MR) is 258 cm³/mol. The van der Waals surface area contributed by atoms with Gasteiger partial charge in [0.2, 0.25) is 0 Å². The molecule has 0 atom stereocenters. The largest absolute Gasteiger partial charge is 0 e. The number of nitrogens with zero attached hydrogens (tertiary/aromatic N) is 3. The van der Waals surface area contributed by atoms with Crippen LogP contribution in [-0.2, 0) is 20.1 Å². The minimum atomic E-state index is -2.08. The van der Waals surface area contributed by atoms with E-state index < -0.39 is 20.1 Å². The van der Waals surface area contributed by atoms with Gasteiger partial charge in [-0.25, -0.2) is 0 Å². The first-order chi connectivity index (χ1) is 29.7. The fraction of sp³-hybridized carbons (Fsp3) is 0.185. The molecule has 1 radical (unpaired) electrons.